The van der Waals surface area contributed by atoms with Crippen LogP contribution >= 0.6 is 22.6 Å². The van der Waals surface area contributed by atoms with Gasteiger partial charge in [0.15, 0.2) is 0 Å². The van der Waals surface area contributed by atoms with Crippen LogP contribution in [-0.4, -0.2) is 36.3 Å². The minimum Gasteiger partial charge on any atom is -0.465 e. The Kier molecular flexibility index (Phi) is 7.45. The van der Waals surface area contributed by atoms with Gasteiger partial charge < -0.3 is 14.6 Å². The number of hydrogen-bond donors (Lipinski definition) is 2. The molecule has 0 bridgehead atoms. The maximum absolute atomic E-state index is 12.0. The Labute approximate surface area is 194 Å². The predicted molar refractivity (Wildman–Crippen MR) is 130 cm³/mol. The zero-order chi connectivity index (χ0) is 22.4. The third-order valence-corrected chi connectivity index (χ3v) is 5.41. The number of esters is 1. The van der Waals surface area contributed by atoms with Crippen LogP contribution in [0.25, 0.3) is 5.69 Å². The summed E-state index contributed by atoms with van der Waals surface area (Å²) < 4.78 is 7.96. The first-order valence-corrected chi connectivity index (χ1v) is 10.7. The average Bonchev–Trinajstić information content (AvgIpc) is 3.05. The number of hydrogen-bond acceptors (Lipinski definition) is 5. The lowest BCUT2D eigenvalue weighted by atomic mass is 10.2. The van der Waals surface area contributed by atoms with Gasteiger partial charge >= 0.3 is 5.97 Å². The van der Waals surface area contributed by atoms with Gasteiger partial charge in [-0.05, 0) is 85.0 Å². The van der Waals surface area contributed by atoms with Crippen LogP contribution in [0, 0.1) is 17.4 Å². The molecule has 0 atom stereocenters. The van der Waals surface area contributed by atoms with E-state index in [1.54, 1.807) is 18.3 Å². The number of methoxy groups -OCH3 is 1. The highest BCUT2D eigenvalue weighted by Gasteiger charge is 2.12. The van der Waals surface area contributed by atoms with Crippen molar-refractivity contribution in [3.8, 4) is 5.69 Å². The van der Waals surface area contributed by atoms with Crippen molar-refractivity contribution in [1.82, 2.24) is 9.99 Å². The maximum atomic E-state index is 12.0. The number of nitrogens with zero attached hydrogens (tertiary/aromatic N) is 2. The standard InChI is InChI=1S/C23H23IN4O3/c1-15-11-18(13-26-27-22(29)14-25-20-9-7-19(24)8-10-20)16(2)28(15)21-6-4-5-17(12-21)23(30)31-3/h4-13,25H,14H2,1-3H3,(H,27,29)/b26-13-. The molecular weight excluding hydrogens is 507 g/mol. The molecule has 3 rings (SSSR count). The van der Waals surface area contributed by atoms with Crippen LogP contribution in [0.4, 0.5) is 5.69 Å². The minimum atomic E-state index is -0.382. The first-order valence-electron chi connectivity index (χ1n) is 9.58. The third kappa shape index (κ3) is 5.72. The normalized spacial score (nSPS) is 10.8. The number of benzene rings is 2. The van der Waals surface area contributed by atoms with E-state index in [1.807, 2.05) is 60.9 Å². The molecule has 0 saturated carbocycles. The molecule has 0 aliphatic carbocycles. The highest BCUT2D eigenvalue weighted by Crippen LogP contribution is 2.21. The summed E-state index contributed by atoms with van der Waals surface area (Å²) >= 11 is 2.23. The van der Waals surface area contributed by atoms with Crippen LogP contribution in [0.1, 0.15) is 27.3 Å². The van der Waals surface area contributed by atoms with E-state index in [9.17, 15) is 9.59 Å². The predicted octanol–water partition coefficient (Wildman–Crippen LogP) is 4.05. The van der Waals surface area contributed by atoms with Crippen LogP contribution in [0.3, 0.4) is 0 Å². The summed E-state index contributed by atoms with van der Waals surface area (Å²) in [5, 5.41) is 7.14. The van der Waals surface area contributed by atoms with Gasteiger partial charge in [-0.1, -0.05) is 6.07 Å². The quantitative estimate of drug-likeness (QED) is 0.209. The highest BCUT2D eigenvalue weighted by atomic mass is 127. The Balaban J connectivity index is 1.66. The molecule has 2 aromatic carbocycles. The van der Waals surface area contributed by atoms with Crippen molar-refractivity contribution in [2.24, 2.45) is 5.10 Å². The monoisotopic (exact) mass is 530 g/mol. The van der Waals surface area contributed by atoms with Crippen molar-refractivity contribution < 1.29 is 14.3 Å². The van der Waals surface area contributed by atoms with E-state index in [1.165, 1.54) is 7.11 Å². The van der Waals surface area contributed by atoms with E-state index in [-0.39, 0.29) is 18.4 Å². The lowest BCUT2D eigenvalue weighted by Gasteiger charge is -2.11. The van der Waals surface area contributed by atoms with Crippen LogP contribution < -0.4 is 10.7 Å². The number of halogens is 1. The van der Waals surface area contributed by atoms with Gasteiger partial charge in [0.2, 0.25) is 0 Å². The zero-order valence-electron chi connectivity index (χ0n) is 17.5. The number of aromatic nitrogens is 1. The van der Waals surface area contributed by atoms with Gasteiger partial charge in [-0.3, -0.25) is 4.79 Å². The van der Waals surface area contributed by atoms with Gasteiger partial charge in [-0.2, -0.15) is 5.10 Å². The molecule has 3 aromatic rings. The second-order valence-electron chi connectivity index (χ2n) is 6.86. The van der Waals surface area contributed by atoms with E-state index in [4.69, 9.17) is 4.74 Å². The van der Waals surface area contributed by atoms with Crippen molar-refractivity contribution in [2.75, 3.05) is 19.0 Å². The van der Waals surface area contributed by atoms with Crippen LogP contribution in [0.5, 0.6) is 0 Å². The number of ether oxygens (including phenoxy) is 1. The largest absolute Gasteiger partial charge is 0.465 e. The molecule has 0 unspecified atom stereocenters. The summed E-state index contributed by atoms with van der Waals surface area (Å²) in [6, 6.07) is 17.0. The second-order valence-corrected chi connectivity index (χ2v) is 8.10. The molecule has 0 saturated heterocycles. The summed E-state index contributed by atoms with van der Waals surface area (Å²) in [5.74, 6) is -0.623. The molecule has 0 radical (unpaired) electrons. The molecule has 7 nitrogen and oxygen atoms in total. The topological polar surface area (TPSA) is 84.7 Å². The summed E-state index contributed by atoms with van der Waals surface area (Å²) in [6.07, 6.45) is 1.62. The summed E-state index contributed by atoms with van der Waals surface area (Å²) in [7, 11) is 1.36. The Morgan fingerprint density at radius 3 is 2.58 bits per heavy atom. The maximum Gasteiger partial charge on any atom is 0.337 e. The van der Waals surface area contributed by atoms with Crippen molar-refractivity contribution in [1.29, 1.82) is 0 Å². The molecule has 31 heavy (non-hydrogen) atoms. The van der Waals surface area contributed by atoms with E-state index in [2.05, 4.69) is 38.4 Å². The fourth-order valence-corrected chi connectivity index (χ4v) is 3.53. The van der Waals surface area contributed by atoms with Crippen LogP contribution in [0.2, 0.25) is 0 Å². The van der Waals surface area contributed by atoms with Gasteiger partial charge in [0.25, 0.3) is 5.91 Å². The zero-order valence-corrected chi connectivity index (χ0v) is 19.6. The van der Waals surface area contributed by atoms with Gasteiger partial charge in [-0.15, -0.1) is 0 Å². The molecule has 1 amide bonds. The third-order valence-electron chi connectivity index (χ3n) is 4.69. The number of nitrogens with one attached hydrogen (secondary N) is 2. The molecule has 0 aliphatic rings. The molecule has 8 heteroatoms. The fourth-order valence-electron chi connectivity index (χ4n) is 3.17. The van der Waals surface area contributed by atoms with Gasteiger partial charge in [0.1, 0.15) is 0 Å². The van der Waals surface area contributed by atoms with E-state index >= 15 is 0 Å². The van der Waals surface area contributed by atoms with Gasteiger partial charge in [0.05, 0.1) is 25.4 Å². The van der Waals surface area contributed by atoms with Gasteiger partial charge in [0, 0.05) is 31.9 Å². The molecule has 0 aliphatic heterocycles. The fraction of sp³-hybridized carbons (Fsp3) is 0.174. The molecule has 160 valence electrons. The van der Waals surface area contributed by atoms with Gasteiger partial charge in [-0.25, -0.2) is 10.2 Å². The van der Waals surface area contributed by atoms with Crippen LogP contribution in [0.15, 0.2) is 59.7 Å². The SMILES string of the molecule is COC(=O)c1cccc(-n2c(C)cc(/C=N\NC(=O)CNc3ccc(I)cc3)c2C)c1. The van der Waals surface area contributed by atoms with Crippen molar-refractivity contribution in [2.45, 2.75) is 13.8 Å². The van der Waals surface area contributed by atoms with E-state index in [0.29, 0.717) is 5.56 Å². The first kappa shape index (κ1) is 22.5. The molecule has 1 heterocycles. The average molecular weight is 530 g/mol. The number of aryl methyl sites for hydroxylation is 1. The summed E-state index contributed by atoms with van der Waals surface area (Å²) in [6.45, 7) is 4.05. The Bertz CT molecular complexity index is 1120. The molecule has 1 aromatic heterocycles. The Morgan fingerprint density at radius 1 is 1.13 bits per heavy atom. The number of rotatable bonds is 7. The number of carbonyl (C=O) groups excluding carboxylic acids is 2. The van der Waals surface area contributed by atoms with Crippen molar-refractivity contribution in [3.05, 3.63) is 80.7 Å². The molecular formula is C23H23IN4O3. The number of amides is 1. The molecule has 0 spiro atoms. The lowest BCUT2D eigenvalue weighted by molar-refractivity contribution is -0.119. The summed E-state index contributed by atoms with van der Waals surface area (Å²) in [4.78, 5) is 23.9. The van der Waals surface area contributed by atoms with Crippen molar-refractivity contribution in [3.63, 3.8) is 0 Å². The van der Waals surface area contributed by atoms with E-state index in [0.717, 1.165) is 31.9 Å². The Hall–Kier alpha value is -3.14. The van der Waals surface area contributed by atoms with Crippen LogP contribution in [-0.2, 0) is 9.53 Å². The number of anilines is 1. The van der Waals surface area contributed by atoms with E-state index < -0.39 is 0 Å². The Morgan fingerprint density at radius 2 is 1.87 bits per heavy atom. The molecule has 0 fully saturated rings. The second kappa shape index (κ2) is 10.3. The summed E-state index contributed by atoms with van der Waals surface area (Å²) in [5.41, 5.74) is 7.53. The number of hydrazone groups is 1. The minimum absolute atomic E-state index is 0.122. The first-order chi connectivity index (χ1) is 14.9. The van der Waals surface area contributed by atoms with Crippen molar-refractivity contribution >= 4 is 46.4 Å². The smallest absolute Gasteiger partial charge is 0.337 e. The lowest BCUT2D eigenvalue weighted by Crippen LogP contribution is -2.25. The number of carbonyl (C=O) groups is 2. The highest BCUT2D eigenvalue weighted by molar-refractivity contribution is 14.1. The molecule has 2 N–H and O–H groups in total.